The third-order valence-electron chi connectivity index (χ3n) is 3.15. The highest BCUT2D eigenvalue weighted by molar-refractivity contribution is 5.91. The fourth-order valence-electron chi connectivity index (χ4n) is 1.74. The van der Waals surface area contributed by atoms with E-state index in [9.17, 15) is 4.79 Å². The summed E-state index contributed by atoms with van der Waals surface area (Å²) in [6, 6.07) is 8.30. The van der Waals surface area contributed by atoms with E-state index in [2.05, 4.69) is 31.3 Å². The average molecular weight is 260 g/mol. The molecule has 0 aliphatic rings. The minimum Gasteiger partial charge on any atom is -0.349 e. The van der Waals surface area contributed by atoms with Crippen LogP contribution in [0.3, 0.4) is 0 Å². The number of nitrogens with one attached hydrogen (secondary N) is 1. The summed E-state index contributed by atoms with van der Waals surface area (Å²) >= 11 is 0. The predicted molar refractivity (Wildman–Crippen MR) is 80.8 cm³/mol. The molecule has 0 saturated carbocycles. The number of amides is 1. The van der Waals surface area contributed by atoms with Gasteiger partial charge in [0.05, 0.1) is 0 Å². The van der Waals surface area contributed by atoms with Crippen LogP contribution in [0.1, 0.15) is 44.2 Å². The molecule has 1 rings (SSSR count). The van der Waals surface area contributed by atoms with E-state index in [1.54, 1.807) is 6.08 Å². The molecule has 1 aromatic carbocycles. The van der Waals surface area contributed by atoms with E-state index >= 15 is 0 Å². The van der Waals surface area contributed by atoms with Crippen LogP contribution < -0.4 is 11.1 Å². The maximum absolute atomic E-state index is 11.7. The lowest BCUT2D eigenvalue weighted by Gasteiger charge is -2.12. The van der Waals surface area contributed by atoms with Crippen molar-refractivity contribution in [1.82, 2.24) is 5.32 Å². The summed E-state index contributed by atoms with van der Waals surface area (Å²) in [4.78, 5) is 11.7. The Morgan fingerprint density at radius 3 is 2.42 bits per heavy atom. The van der Waals surface area contributed by atoms with Crippen molar-refractivity contribution in [3.05, 3.63) is 41.5 Å². The lowest BCUT2D eigenvalue weighted by atomic mass is 10.0. The second kappa shape index (κ2) is 7.74. The van der Waals surface area contributed by atoms with Crippen molar-refractivity contribution in [2.45, 2.75) is 39.2 Å². The zero-order valence-corrected chi connectivity index (χ0v) is 12.0. The monoisotopic (exact) mass is 260 g/mol. The molecule has 1 amide bonds. The first-order valence-corrected chi connectivity index (χ1v) is 6.85. The molecule has 1 atom stereocenters. The number of hydrogen-bond donors (Lipinski definition) is 2. The highest BCUT2D eigenvalue weighted by atomic mass is 16.1. The zero-order chi connectivity index (χ0) is 14.3. The van der Waals surface area contributed by atoms with Crippen LogP contribution in [0, 0.1) is 0 Å². The van der Waals surface area contributed by atoms with E-state index < -0.39 is 0 Å². The van der Waals surface area contributed by atoms with Crippen molar-refractivity contribution in [2.24, 2.45) is 5.73 Å². The summed E-state index contributed by atoms with van der Waals surface area (Å²) in [5.74, 6) is 0.432. The van der Waals surface area contributed by atoms with Crippen molar-refractivity contribution in [2.75, 3.05) is 6.54 Å². The molecule has 0 aliphatic heterocycles. The number of carbonyl (C=O) groups excluding carboxylic acids is 1. The lowest BCUT2D eigenvalue weighted by molar-refractivity contribution is -0.117. The molecule has 0 radical (unpaired) electrons. The molecule has 1 unspecified atom stereocenters. The summed E-state index contributed by atoms with van der Waals surface area (Å²) in [7, 11) is 0. The van der Waals surface area contributed by atoms with E-state index in [4.69, 9.17) is 5.73 Å². The Morgan fingerprint density at radius 2 is 1.95 bits per heavy atom. The molecule has 3 heteroatoms. The maximum Gasteiger partial charge on any atom is 0.244 e. The fourth-order valence-corrected chi connectivity index (χ4v) is 1.74. The Balaban J connectivity index is 2.58. The number of nitrogens with two attached hydrogens (primary N) is 1. The summed E-state index contributed by atoms with van der Waals surface area (Å²) in [6.45, 7) is 6.80. The van der Waals surface area contributed by atoms with Crippen LogP contribution >= 0.6 is 0 Å². The Labute approximate surface area is 115 Å². The van der Waals surface area contributed by atoms with Gasteiger partial charge in [0.2, 0.25) is 5.91 Å². The van der Waals surface area contributed by atoms with Crippen molar-refractivity contribution in [1.29, 1.82) is 0 Å². The summed E-state index contributed by atoms with van der Waals surface area (Å²) in [5, 5.41) is 2.87. The van der Waals surface area contributed by atoms with Crippen LogP contribution in [0.4, 0.5) is 0 Å². The van der Waals surface area contributed by atoms with E-state index in [1.165, 1.54) is 5.56 Å². The van der Waals surface area contributed by atoms with Gasteiger partial charge in [-0.2, -0.15) is 0 Å². The van der Waals surface area contributed by atoms with Crippen LogP contribution in [0.5, 0.6) is 0 Å². The van der Waals surface area contributed by atoms with E-state index in [0.29, 0.717) is 12.5 Å². The standard InChI is InChI=1S/C16H24N2O/c1-4-15(11-17)18-16(19)10-7-13-5-8-14(9-6-13)12(2)3/h5-10,12,15H,4,11,17H2,1-3H3,(H,18,19)/b10-7+. The van der Waals surface area contributed by atoms with Gasteiger partial charge in [-0.25, -0.2) is 0 Å². The molecule has 0 saturated heterocycles. The van der Waals surface area contributed by atoms with Gasteiger partial charge in [0.15, 0.2) is 0 Å². The topological polar surface area (TPSA) is 55.1 Å². The van der Waals surface area contributed by atoms with Crippen LogP contribution in [0.25, 0.3) is 6.08 Å². The molecule has 3 nitrogen and oxygen atoms in total. The van der Waals surface area contributed by atoms with E-state index in [0.717, 1.165) is 12.0 Å². The number of carbonyl (C=O) groups is 1. The highest BCUT2D eigenvalue weighted by Crippen LogP contribution is 2.15. The summed E-state index contributed by atoms with van der Waals surface area (Å²) in [6.07, 6.45) is 4.23. The smallest absolute Gasteiger partial charge is 0.244 e. The third kappa shape index (κ3) is 5.26. The largest absolute Gasteiger partial charge is 0.349 e. The Hall–Kier alpha value is -1.61. The number of hydrogen-bond acceptors (Lipinski definition) is 2. The molecule has 0 spiro atoms. The first-order valence-electron chi connectivity index (χ1n) is 6.85. The van der Waals surface area contributed by atoms with Crippen LogP contribution in [0.2, 0.25) is 0 Å². The SMILES string of the molecule is CCC(CN)NC(=O)/C=C/c1ccc(C(C)C)cc1. The second-order valence-electron chi connectivity index (χ2n) is 5.00. The zero-order valence-electron chi connectivity index (χ0n) is 12.0. The Bertz CT molecular complexity index is 417. The minimum absolute atomic E-state index is 0.0560. The molecular weight excluding hydrogens is 236 g/mol. The molecule has 104 valence electrons. The van der Waals surface area contributed by atoms with Gasteiger partial charge < -0.3 is 11.1 Å². The van der Waals surface area contributed by atoms with Crippen molar-refractivity contribution in [3.63, 3.8) is 0 Å². The van der Waals surface area contributed by atoms with Crippen molar-refractivity contribution >= 4 is 12.0 Å². The average Bonchev–Trinajstić information content (AvgIpc) is 2.43. The summed E-state index contributed by atoms with van der Waals surface area (Å²) in [5.41, 5.74) is 7.87. The molecule has 0 aromatic heterocycles. The number of rotatable bonds is 6. The lowest BCUT2D eigenvalue weighted by Crippen LogP contribution is -2.38. The first-order chi connectivity index (χ1) is 9.06. The molecule has 0 heterocycles. The predicted octanol–water partition coefficient (Wildman–Crippen LogP) is 2.68. The van der Waals surface area contributed by atoms with Crippen LogP contribution in [-0.2, 0) is 4.79 Å². The Kier molecular flexibility index (Phi) is 6.30. The molecule has 0 fully saturated rings. The fraction of sp³-hybridized carbons (Fsp3) is 0.438. The van der Waals surface area contributed by atoms with Gasteiger partial charge in [-0.05, 0) is 29.5 Å². The summed E-state index contributed by atoms with van der Waals surface area (Å²) < 4.78 is 0. The van der Waals surface area contributed by atoms with E-state index in [1.807, 2.05) is 25.1 Å². The molecule has 19 heavy (non-hydrogen) atoms. The van der Waals surface area contributed by atoms with E-state index in [-0.39, 0.29) is 11.9 Å². The van der Waals surface area contributed by atoms with Gasteiger partial charge in [0.1, 0.15) is 0 Å². The molecule has 0 aliphatic carbocycles. The van der Waals surface area contributed by atoms with Crippen molar-refractivity contribution in [3.8, 4) is 0 Å². The molecule has 0 bridgehead atoms. The highest BCUT2D eigenvalue weighted by Gasteiger charge is 2.05. The van der Waals surface area contributed by atoms with Gasteiger partial charge in [0.25, 0.3) is 0 Å². The maximum atomic E-state index is 11.7. The number of benzene rings is 1. The molecule has 1 aromatic rings. The van der Waals surface area contributed by atoms with Gasteiger partial charge in [-0.3, -0.25) is 4.79 Å². The molecule has 3 N–H and O–H groups in total. The van der Waals surface area contributed by atoms with Gasteiger partial charge in [0, 0.05) is 18.7 Å². The Morgan fingerprint density at radius 1 is 1.32 bits per heavy atom. The normalized spacial score (nSPS) is 12.9. The molecular formula is C16H24N2O. The van der Waals surface area contributed by atoms with Gasteiger partial charge in [-0.15, -0.1) is 0 Å². The second-order valence-corrected chi connectivity index (χ2v) is 5.00. The quantitative estimate of drug-likeness (QED) is 0.773. The van der Waals surface area contributed by atoms with Crippen LogP contribution in [-0.4, -0.2) is 18.5 Å². The van der Waals surface area contributed by atoms with Crippen molar-refractivity contribution < 1.29 is 4.79 Å². The minimum atomic E-state index is -0.0924. The van der Waals surface area contributed by atoms with Crippen LogP contribution in [0.15, 0.2) is 30.3 Å². The first kappa shape index (κ1) is 15.4. The van der Waals surface area contributed by atoms with Gasteiger partial charge >= 0.3 is 0 Å². The van der Waals surface area contributed by atoms with Gasteiger partial charge in [-0.1, -0.05) is 45.0 Å². The third-order valence-corrected chi connectivity index (χ3v) is 3.15.